The van der Waals surface area contributed by atoms with E-state index in [9.17, 15) is 14.7 Å². The summed E-state index contributed by atoms with van der Waals surface area (Å²) in [5.41, 5.74) is 1.74. The van der Waals surface area contributed by atoms with Gasteiger partial charge in [0, 0.05) is 31.0 Å². The molecule has 1 heterocycles. The first kappa shape index (κ1) is 20.1. The predicted molar refractivity (Wildman–Crippen MR) is 109 cm³/mol. The van der Waals surface area contributed by atoms with Crippen LogP contribution in [0.1, 0.15) is 42.1 Å². The van der Waals surface area contributed by atoms with E-state index < -0.39 is 0 Å². The van der Waals surface area contributed by atoms with Gasteiger partial charge in [0.25, 0.3) is 5.91 Å². The monoisotopic (exact) mass is 380 g/mol. The van der Waals surface area contributed by atoms with Gasteiger partial charge in [0.1, 0.15) is 0 Å². The number of carbonyl (C=O) groups is 2. The molecular formula is C23H28N2O3. The smallest absolute Gasteiger partial charge is 0.253 e. The number of aliphatic hydroxyl groups excluding tert-OH is 1. The van der Waals surface area contributed by atoms with Gasteiger partial charge in [-0.05, 0) is 24.6 Å². The molecule has 3 atom stereocenters. The van der Waals surface area contributed by atoms with Crippen LogP contribution in [-0.2, 0) is 4.79 Å². The highest BCUT2D eigenvalue weighted by molar-refractivity contribution is 5.94. The van der Waals surface area contributed by atoms with Crippen LogP contribution in [0.2, 0.25) is 0 Å². The highest BCUT2D eigenvalue weighted by atomic mass is 16.3. The Kier molecular flexibility index (Phi) is 6.47. The normalized spacial score (nSPS) is 21.1. The summed E-state index contributed by atoms with van der Waals surface area (Å²) >= 11 is 0. The van der Waals surface area contributed by atoms with Crippen molar-refractivity contribution in [3.8, 4) is 0 Å². The lowest BCUT2D eigenvalue weighted by Gasteiger charge is -2.56. The van der Waals surface area contributed by atoms with Crippen molar-refractivity contribution < 1.29 is 14.7 Å². The summed E-state index contributed by atoms with van der Waals surface area (Å²) in [4.78, 5) is 29.1. The zero-order chi connectivity index (χ0) is 20.1. The first-order valence-corrected chi connectivity index (χ1v) is 9.93. The number of amides is 2. The van der Waals surface area contributed by atoms with Crippen molar-refractivity contribution in [1.29, 1.82) is 0 Å². The van der Waals surface area contributed by atoms with Crippen LogP contribution in [0, 0.1) is 0 Å². The predicted octanol–water partition coefficient (Wildman–Crippen LogP) is 2.91. The largest absolute Gasteiger partial charge is 0.394 e. The minimum atomic E-state index is -0.245. The average Bonchev–Trinajstić information content (AvgIpc) is 2.74. The molecule has 3 rings (SSSR count). The van der Waals surface area contributed by atoms with Crippen molar-refractivity contribution in [2.75, 3.05) is 19.7 Å². The first-order chi connectivity index (χ1) is 13.6. The molecular weight excluding hydrogens is 352 g/mol. The quantitative estimate of drug-likeness (QED) is 0.803. The zero-order valence-electron chi connectivity index (χ0n) is 16.5. The maximum Gasteiger partial charge on any atom is 0.253 e. The molecule has 0 aromatic heterocycles. The Morgan fingerprint density at radius 1 is 0.964 bits per heavy atom. The molecule has 0 aliphatic carbocycles. The fourth-order valence-corrected chi connectivity index (χ4v) is 4.17. The third-order valence-electron chi connectivity index (χ3n) is 5.60. The summed E-state index contributed by atoms with van der Waals surface area (Å²) < 4.78 is 0. The molecule has 0 bridgehead atoms. The van der Waals surface area contributed by atoms with E-state index in [0.717, 1.165) is 5.56 Å². The van der Waals surface area contributed by atoms with E-state index in [1.54, 1.807) is 9.80 Å². The zero-order valence-corrected chi connectivity index (χ0v) is 16.5. The van der Waals surface area contributed by atoms with Crippen LogP contribution >= 0.6 is 0 Å². The Morgan fingerprint density at radius 2 is 1.57 bits per heavy atom. The third-order valence-corrected chi connectivity index (χ3v) is 5.60. The summed E-state index contributed by atoms with van der Waals surface area (Å²) in [6.45, 7) is 4.71. The Balaban J connectivity index is 1.88. The molecule has 1 N–H and O–H groups in total. The second kappa shape index (κ2) is 9.02. The maximum absolute atomic E-state index is 13.0. The van der Waals surface area contributed by atoms with Crippen LogP contribution in [0.5, 0.6) is 0 Å². The molecule has 28 heavy (non-hydrogen) atoms. The van der Waals surface area contributed by atoms with E-state index in [-0.39, 0.29) is 36.4 Å². The molecule has 5 nitrogen and oxygen atoms in total. The summed E-state index contributed by atoms with van der Waals surface area (Å²) in [7, 11) is 0. The fraction of sp³-hybridized carbons (Fsp3) is 0.391. The minimum Gasteiger partial charge on any atom is -0.394 e. The molecule has 0 spiro atoms. The molecule has 1 saturated heterocycles. The van der Waals surface area contributed by atoms with Crippen molar-refractivity contribution in [1.82, 2.24) is 9.80 Å². The van der Waals surface area contributed by atoms with Gasteiger partial charge in [-0.15, -0.1) is 0 Å². The molecule has 1 fully saturated rings. The number of aliphatic hydroxyl groups is 1. The molecule has 2 aromatic rings. The van der Waals surface area contributed by atoms with Gasteiger partial charge in [0.15, 0.2) is 0 Å². The number of hydrogen-bond donors (Lipinski definition) is 1. The van der Waals surface area contributed by atoms with E-state index in [1.807, 2.05) is 74.5 Å². The topological polar surface area (TPSA) is 60.9 Å². The Morgan fingerprint density at radius 3 is 2.11 bits per heavy atom. The molecule has 0 saturated carbocycles. The van der Waals surface area contributed by atoms with Crippen LogP contribution in [0.4, 0.5) is 0 Å². The average molecular weight is 380 g/mol. The molecule has 1 aliphatic rings. The van der Waals surface area contributed by atoms with Crippen LogP contribution in [-0.4, -0.2) is 58.5 Å². The molecule has 2 amide bonds. The van der Waals surface area contributed by atoms with Gasteiger partial charge < -0.3 is 14.9 Å². The number of likely N-dealkylation sites (N-methyl/N-ethyl adjacent to an activating group) is 1. The number of carbonyl (C=O) groups excluding carboxylic acids is 2. The molecule has 5 heteroatoms. The number of nitrogens with zero attached hydrogens (tertiary/aromatic N) is 2. The first-order valence-electron chi connectivity index (χ1n) is 9.93. The van der Waals surface area contributed by atoms with E-state index in [2.05, 4.69) is 0 Å². The second-order valence-corrected chi connectivity index (χ2v) is 7.12. The lowest BCUT2D eigenvalue weighted by molar-refractivity contribution is -0.151. The van der Waals surface area contributed by atoms with Crippen LogP contribution in [0.15, 0.2) is 60.7 Å². The van der Waals surface area contributed by atoms with Gasteiger partial charge in [0.2, 0.25) is 5.91 Å². The Bertz CT molecular complexity index is 794. The number of rotatable bonds is 7. The van der Waals surface area contributed by atoms with Gasteiger partial charge >= 0.3 is 0 Å². The van der Waals surface area contributed by atoms with Crippen molar-refractivity contribution in [3.05, 3.63) is 71.8 Å². The van der Waals surface area contributed by atoms with Gasteiger partial charge in [-0.3, -0.25) is 9.59 Å². The molecule has 1 aliphatic heterocycles. The lowest BCUT2D eigenvalue weighted by atomic mass is 9.74. The minimum absolute atomic E-state index is 0.0133. The van der Waals surface area contributed by atoms with Crippen molar-refractivity contribution >= 4 is 11.8 Å². The summed E-state index contributed by atoms with van der Waals surface area (Å²) in [5, 5.41) is 9.95. The van der Waals surface area contributed by atoms with Crippen LogP contribution < -0.4 is 0 Å². The van der Waals surface area contributed by atoms with Crippen LogP contribution in [0.25, 0.3) is 0 Å². The Labute approximate surface area is 166 Å². The van der Waals surface area contributed by atoms with Gasteiger partial charge in [-0.25, -0.2) is 0 Å². The fourth-order valence-electron chi connectivity index (χ4n) is 4.17. The highest BCUT2D eigenvalue weighted by Gasteiger charge is 2.51. The van der Waals surface area contributed by atoms with Gasteiger partial charge in [-0.2, -0.15) is 0 Å². The number of hydrogen-bond acceptors (Lipinski definition) is 3. The SMILES string of the molecule is CCC(=O)N1[C@H](CN(CC)C(=O)c2ccccc2)[C@@H](c2ccccc2)[C@@H]1CO. The third kappa shape index (κ3) is 3.80. The molecule has 0 unspecified atom stereocenters. The van der Waals surface area contributed by atoms with E-state index in [0.29, 0.717) is 25.1 Å². The van der Waals surface area contributed by atoms with Crippen molar-refractivity contribution in [3.63, 3.8) is 0 Å². The van der Waals surface area contributed by atoms with Crippen molar-refractivity contribution in [2.24, 2.45) is 0 Å². The van der Waals surface area contributed by atoms with Crippen molar-refractivity contribution in [2.45, 2.75) is 38.3 Å². The Hall–Kier alpha value is -2.66. The standard InChI is InChI=1S/C23H28N2O3/c1-3-21(27)25-19(22(20(25)16-26)17-11-7-5-8-12-17)15-24(4-2)23(28)18-13-9-6-10-14-18/h5-14,19-20,22,26H,3-4,15-16H2,1-2H3/t19-,20+,22-/m1/s1. The summed E-state index contributed by atoms with van der Waals surface area (Å²) in [5.74, 6) is -0.00924. The van der Waals surface area contributed by atoms with E-state index in [1.165, 1.54) is 0 Å². The van der Waals surface area contributed by atoms with Gasteiger partial charge in [0.05, 0.1) is 18.7 Å². The lowest BCUT2D eigenvalue weighted by Crippen LogP contribution is -2.68. The van der Waals surface area contributed by atoms with E-state index in [4.69, 9.17) is 0 Å². The summed E-state index contributed by atoms with van der Waals surface area (Å²) in [6, 6.07) is 18.8. The van der Waals surface area contributed by atoms with Crippen LogP contribution in [0.3, 0.4) is 0 Å². The summed E-state index contributed by atoms with van der Waals surface area (Å²) in [6.07, 6.45) is 0.382. The van der Waals surface area contributed by atoms with Gasteiger partial charge in [-0.1, -0.05) is 55.5 Å². The number of likely N-dealkylation sites (tertiary alicyclic amines) is 1. The molecule has 0 radical (unpaired) electrons. The maximum atomic E-state index is 13.0. The second-order valence-electron chi connectivity index (χ2n) is 7.12. The molecule has 148 valence electrons. The van der Waals surface area contributed by atoms with E-state index >= 15 is 0 Å². The number of benzene rings is 2. The molecule has 2 aromatic carbocycles. The highest BCUT2D eigenvalue weighted by Crippen LogP contribution is 2.41.